The number of amides is 1. The fraction of sp³-hybridized carbons (Fsp3) is 0.192. The maximum Gasteiger partial charge on any atom is 0.244 e. The Morgan fingerprint density at radius 2 is 1.58 bits per heavy atom. The zero-order chi connectivity index (χ0) is 23.7. The second-order valence-corrected chi connectivity index (χ2v) is 9.26. The third-order valence-corrected chi connectivity index (χ3v) is 6.74. The fourth-order valence-corrected chi connectivity index (χ4v) is 4.51. The maximum atomic E-state index is 12.4. The Labute approximate surface area is 195 Å². The van der Waals surface area contributed by atoms with Gasteiger partial charge < -0.3 is 10.1 Å². The average molecular weight is 465 g/mol. The SMILES string of the molecule is CNS(=O)(=O)c1cc(/C=C/C(=O)NCCC(c2ccccc2)c2ccccc2)ccc1OC. The van der Waals surface area contributed by atoms with Gasteiger partial charge >= 0.3 is 0 Å². The van der Waals surface area contributed by atoms with Gasteiger partial charge in [0.1, 0.15) is 10.6 Å². The predicted molar refractivity (Wildman–Crippen MR) is 131 cm³/mol. The average Bonchev–Trinajstić information content (AvgIpc) is 2.86. The van der Waals surface area contributed by atoms with E-state index in [4.69, 9.17) is 4.74 Å². The molecule has 7 heteroatoms. The van der Waals surface area contributed by atoms with Gasteiger partial charge in [0.05, 0.1) is 7.11 Å². The molecule has 0 aliphatic rings. The van der Waals surface area contributed by atoms with E-state index in [-0.39, 0.29) is 22.5 Å². The molecule has 3 rings (SSSR count). The van der Waals surface area contributed by atoms with E-state index in [0.717, 1.165) is 6.42 Å². The van der Waals surface area contributed by atoms with E-state index in [1.54, 1.807) is 18.2 Å². The highest BCUT2D eigenvalue weighted by molar-refractivity contribution is 7.89. The van der Waals surface area contributed by atoms with E-state index in [1.165, 1.54) is 37.4 Å². The van der Waals surface area contributed by atoms with Crippen molar-refractivity contribution in [2.45, 2.75) is 17.2 Å². The summed E-state index contributed by atoms with van der Waals surface area (Å²) in [6, 6.07) is 25.2. The fourth-order valence-electron chi connectivity index (χ4n) is 3.58. The largest absolute Gasteiger partial charge is 0.495 e. The molecule has 33 heavy (non-hydrogen) atoms. The van der Waals surface area contributed by atoms with Crippen LogP contribution in [0.25, 0.3) is 6.08 Å². The zero-order valence-corrected chi connectivity index (χ0v) is 19.5. The van der Waals surface area contributed by atoms with Crippen molar-refractivity contribution in [3.63, 3.8) is 0 Å². The Morgan fingerprint density at radius 3 is 2.12 bits per heavy atom. The van der Waals surface area contributed by atoms with Crippen LogP contribution >= 0.6 is 0 Å². The van der Waals surface area contributed by atoms with Gasteiger partial charge in [0, 0.05) is 18.5 Å². The molecule has 6 nitrogen and oxygen atoms in total. The quantitative estimate of drug-likeness (QED) is 0.445. The van der Waals surface area contributed by atoms with Gasteiger partial charge in [-0.2, -0.15) is 0 Å². The molecule has 0 aliphatic heterocycles. The lowest BCUT2D eigenvalue weighted by Gasteiger charge is -2.18. The van der Waals surface area contributed by atoms with Gasteiger partial charge in [-0.15, -0.1) is 0 Å². The minimum absolute atomic E-state index is 0.0172. The van der Waals surface area contributed by atoms with Crippen molar-refractivity contribution in [1.82, 2.24) is 10.0 Å². The van der Waals surface area contributed by atoms with Gasteiger partial charge in [-0.1, -0.05) is 66.7 Å². The highest BCUT2D eigenvalue weighted by Gasteiger charge is 2.18. The molecule has 0 unspecified atom stereocenters. The number of nitrogens with one attached hydrogen (secondary N) is 2. The molecule has 0 fully saturated rings. The van der Waals surface area contributed by atoms with Crippen LogP contribution in [0.2, 0.25) is 0 Å². The highest BCUT2D eigenvalue weighted by atomic mass is 32.2. The first kappa shape index (κ1) is 24.2. The van der Waals surface area contributed by atoms with Crippen LogP contribution in [-0.4, -0.2) is 35.0 Å². The third kappa shape index (κ3) is 6.54. The van der Waals surface area contributed by atoms with E-state index in [2.05, 4.69) is 34.3 Å². The van der Waals surface area contributed by atoms with Gasteiger partial charge in [-0.25, -0.2) is 13.1 Å². The van der Waals surface area contributed by atoms with Crippen molar-refractivity contribution in [3.8, 4) is 5.75 Å². The third-order valence-electron chi connectivity index (χ3n) is 5.31. The number of hydrogen-bond donors (Lipinski definition) is 2. The first-order valence-corrected chi connectivity index (χ1v) is 12.1. The van der Waals surface area contributed by atoms with Crippen molar-refractivity contribution in [2.24, 2.45) is 0 Å². The molecule has 3 aromatic rings. The molecule has 0 radical (unpaired) electrons. The van der Waals surface area contributed by atoms with E-state index in [1.807, 2.05) is 36.4 Å². The number of carbonyl (C=O) groups is 1. The van der Waals surface area contributed by atoms with Crippen LogP contribution < -0.4 is 14.8 Å². The molecule has 2 N–H and O–H groups in total. The molecule has 0 heterocycles. The monoisotopic (exact) mass is 464 g/mol. The molecular weight excluding hydrogens is 436 g/mol. The summed E-state index contributed by atoms with van der Waals surface area (Å²) in [6.45, 7) is 0.500. The van der Waals surface area contributed by atoms with Crippen molar-refractivity contribution < 1.29 is 17.9 Å². The predicted octanol–water partition coefficient (Wildman–Crippen LogP) is 3.95. The summed E-state index contributed by atoms with van der Waals surface area (Å²) in [5, 5.41) is 2.92. The summed E-state index contributed by atoms with van der Waals surface area (Å²) in [5.41, 5.74) is 2.97. The van der Waals surface area contributed by atoms with Crippen LogP contribution in [0.1, 0.15) is 29.0 Å². The summed E-state index contributed by atoms with van der Waals surface area (Å²) in [5.74, 6) is 0.162. The molecule has 0 saturated carbocycles. The summed E-state index contributed by atoms with van der Waals surface area (Å²) < 4.78 is 31.8. The van der Waals surface area contributed by atoms with Gasteiger partial charge in [0.15, 0.2) is 0 Å². The Hall–Kier alpha value is -3.42. The number of benzene rings is 3. The number of ether oxygens (including phenoxy) is 1. The smallest absolute Gasteiger partial charge is 0.244 e. The lowest BCUT2D eigenvalue weighted by atomic mass is 9.88. The number of rotatable bonds is 10. The second kappa shape index (κ2) is 11.4. The van der Waals surface area contributed by atoms with Crippen LogP contribution in [0.4, 0.5) is 0 Å². The lowest BCUT2D eigenvalue weighted by molar-refractivity contribution is -0.116. The van der Waals surface area contributed by atoms with Crippen LogP contribution in [0.3, 0.4) is 0 Å². The van der Waals surface area contributed by atoms with Crippen molar-refractivity contribution in [1.29, 1.82) is 0 Å². The molecule has 3 aromatic carbocycles. The second-order valence-electron chi connectivity index (χ2n) is 7.40. The van der Waals surface area contributed by atoms with Crippen molar-refractivity contribution in [3.05, 3.63) is 102 Å². The molecule has 0 spiro atoms. The Morgan fingerprint density at radius 1 is 0.970 bits per heavy atom. The summed E-state index contributed by atoms with van der Waals surface area (Å²) in [6.07, 6.45) is 3.73. The van der Waals surface area contributed by atoms with Crippen LogP contribution in [0.15, 0.2) is 89.8 Å². The molecule has 0 saturated heterocycles. The number of hydrogen-bond acceptors (Lipinski definition) is 4. The van der Waals surface area contributed by atoms with Crippen LogP contribution in [0.5, 0.6) is 5.75 Å². The summed E-state index contributed by atoms with van der Waals surface area (Å²) >= 11 is 0. The van der Waals surface area contributed by atoms with Gasteiger partial charge in [-0.3, -0.25) is 4.79 Å². The molecule has 1 amide bonds. The van der Waals surface area contributed by atoms with E-state index in [0.29, 0.717) is 12.1 Å². The van der Waals surface area contributed by atoms with Crippen molar-refractivity contribution in [2.75, 3.05) is 20.7 Å². The maximum absolute atomic E-state index is 12.4. The zero-order valence-electron chi connectivity index (χ0n) is 18.7. The topological polar surface area (TPSA) is 84.5 Å². The molecule has 0 aromatic heterocycles. The summed E-state index contributed by atoms with van der Waals surface area (Å²) in [7, 11) is -0.944. The Bertz CT molecular complexity index is 1150. The first-order chi connectivity index (χ1) is 15.9. The molecule has 0 aliphatic carbocycles. The van der Waals surface area contributed by atoms with Gasteiger partial charge in [0.25, 0.3) is 0 Å². The van der Waals surface area contributed by atoms with Crippen LogP contribution in [-0.2, 0) is 14.8 Å². The Balaban J connectivity index is 1.66. The number of carbonyl (C=O) groups excluding carboxylic acids is 1. The molecule has 0 bridgehead atoms. The summed E-state index contributed by atoms with van der Waals surface area (Å²) in [4.78, 5) is 12.4. The molecule has 172 valence electrons. The van der Waals surface area contributed by atoms with Crippen molar-refractivity contribution >= 4 is 22.0 Å². The van der Waals surface area contributed by atoms with Crippen LogP contribution in [0, 0.1) is 0 Å². The van der Waals surface area contributed by atoms with E-state index in [9.17, 15) is 13.2 Å². The number of methoxy groups -OCH3 is 1. The van der Waals surface area contributed by atoms with Gasteiger partial charge in [0.2, 0.25) is 15.9 Å². The minimum Gasteiger partial charge on any atom is -0.495 e. The lowest BCUT2D eigenvalue weighted by Crippen LogP contribution is -2.23. The minimum atomic E-state index is -3.69. The number of sulfonamides is 1. The normalized spacial score (nSPS) is 11.6. The van der Waals surface area contributed by atoms with E-state index < -0.39 is 10.0 Å². The molecular formula is C26H28N2O4S. The molecule has 0 atom stereocenters. The van der Waals surface area contributed by atoms with E-state index >= 15 is 0 Å². The Kier molecular flexibility index (Phi) is 8.40. The highest BCUT2D eigenvalue weighted by Crippen LogP contribution is 2.27. The standard InChI is InChI=1S/C26H28N2O4S/c1-27-33(30,31)25-19-20(13-15-24(25)32-2)14-16-26(29)28-18-17-23(21-9-5-3-6-10-21)22-11-7-4-8-12-22/h3-16,19,23,27H,17-18H2,1-2H3,(H,28,29)/b16-14+. The first-order valence-electron chi connectivity index (χ1n) is 10.6. The van der Waals surface area contributed by atoms with Gasteiger partial charge in [-0.05, 0) is 48.4 Å².